The Bertz CT molecular complexity index is 938. The number of amides is 1. The lowest BCUT2D eigenvalue weighted by Gasteiger charge is -2.16. The fourth-order valence-electron chi connectivity index (χ4n) is 2.91. The van der Waals surface area contributed by atoms with Crippen molar-refractivity contribution in [3.63, 3.8) is 0 Å². The maximum absolute atomic E-state index is 12.9. The standard InChI is InChI=1S/C17H17FN6O3/c1-11-19-17(27-21-11)15-9-24(22-20-15)13-6-7-23(8-13)16(25)10-26-14-4-2-12(18)3-5-14/h2-5,9,13H,6-8,10H2,1H3/t13-/m0/s1. The lowest BCUT2D eigenvalue weighted by molar-refractivity contribution is -0.132. The molecule has 4 rings (SSSR count). The van der Waals surface area contributed by atoms with Crippen LogP contribution in [0.2, 0.25) is 0 Å². The summed E-state index contributed by atoms with van der Waals surface area (Å²) in [6.45, 7) is 2.75. The first kappa shape index (κ1) is 17.1. The second kappa shape index (κ2) is 7.14. The Kier molecular flexibility index (Phi) is 4.53. The third kappa shape index (κ3) is 3.78. The van der Waals surface area contributed by atoms with Crippen molar-refractivity contribution < 1.29 is 18.4 Å². The van der Waals surface area contributed by atoms with E-state index in [0.717, 1.165) is 6.42 Å². The molecule has 0 bridgehead atoms. The van der Waals surface area contributed by atoms with Gasteiger partial charge in [0.1, 0.15) is 11.6 Å². The topological polar surface area (TPSA) is 99.2 Å². The quantitative estimate of drug-likeness (QED) is 0.671. The maximum Gasteiger partial charge on any atom is 0.280 e. The van der Waals surface area contributed by atoms with Crippen molar-refractivity contribution >= 4 is 5.91 Å². The second-order valence-electron chi connectivity index (χ2n) is 6.26. The fourth-order valence-corrected chi connectivity index (χ4v) is 2.91. The van der Waals surface area contributed by atoms with Crippen molar-refractivity contribution in [1.29, 1.82) is 0 Å². The van der Waals surface area contributed by atoms with E-state index >= 15 is 0 Å². The zero-order valence-electron chi connectivity index (χ0n) is 14.6. The van der Waals surface area contributed by atoms with Gasteiger partial charge in [0.25, 0.3) is 11.8 Å². The van der Waals surface area contributed by atoms with Crippen LogP contribution in [0.1, 0.15) is 18.3 Å². The minimum absolute atomic E-state index is 0.0186. The molecular formula is C17H17FN6O3. The SMILES string of the molecule is Cc1noc(-c2cn([C@H]3CCN(C(=O)COc4ccc(F)cc4)C3)nn2)n1. The molecule has 0 spiro atoms. The van der Waals surface area contributed by atoms with Gasteiger partial charge in [-0.3, -0.25) is 4.79 Å². The number of carbonyl (C=O) groups excluding carboxylic acids is 1. The first-order valence-electron chi connectivity index (χ1n) is 8.47. The molecule has 3 heterocycles. The van der Waals surface area contributed by atoms with E-state index in [-0.39, 0.29) is 24.4 Å². The zero-order chi connectivity index (χ0) is 18.8. The largest absolute Gasteiger partial charge is 0.484 e. The molecule has 1 fully saturated rings. The molecule has 2 aromatic heterocycles. The van der Waals surface area contributed by atoms with E-state index in [1.54, 1.807) is 22.7 Å². The van der Waals surface area contributed by atoms with Crippen molar-refractivity contribution in [3.8, 4) is 17.3 Å². The van der Waals surface area contributed by atoms with Gasteiger partial charge in [-0.1, -0.05) is 10.4 Å². The van der Waals surface area contributed by atoms with Gasteiger partial charge in [0, 0.05) is 13.1 Å². The van der Waals surface area contributed by atoms with Crippen LogP contribution >= 0.6 is 0 Å². The van der Waals surface area contributed by atoms with E-state index in [9.17, 15) is 9.18 Å². The van der Waals surface area contributed by atoms with Crippen LogP contribution in [0.5, 0.6) is 5.75 Å². The predicted molar refractivity (Wildman–Crippen MR) is 90.2 cm³/mol. The smallest absolute Gasteiger partial charge is 0.280 e. The summed E-state index contributed by atoms with van der Waals surface area (Å²) in [6.07, 6.45) is 2.49. The molecule has 1 aliphatic rings. The molecule has 1 aromatic carbocycles. The van der Waals surface area contributed by atoms with Gasteiger partial charge in [0.15, 0.2) is 18.1 Å². The fraction of sp³-hybridized carbons (Fsp3) is 0.353. The molecule has 0 aliphatic carbocycles. The van der Waals surface area contributed by atoms with E-state index in [2.05, 4.69) is 20.5 Å². The van der Waals surface area contributed by atoms with E-state index in [0.29, 0.717) is 36.2 Å². The normalized spacial score (nSPS) is 16.7. The number of benzene rings is 1. The number of ether oxygens (including phenoxy) is 1. The van der Waals surface area contributed by atoms with Crippen LogP contribution < -0.4 is 4.74 Å². The maximum atomic E-state index is 12.9. The number of aromatic nitrogens is 5. The number of halogens is 1. The highest BCUT2D eigenvalue weighted by atomic mass is 19.1. The number of likely N-dealkylation sites (tertiary alicyclic amines) is 1. The molecule has 1 saturated heterocycles. The van der Waals surface area contributed by atoms with E-state index < -0.39 is 0 Å². The lowest BCUT2D eigenvalue weighted by Crippen LogP contribution is -2.33. The Morgan fingerprint density at radius 2 is 2.19 bits per heavy atom. The number of nitrogens with zero attached hydrogens (tertiary/aromatic N) is 6. The van der Waals surface area contributed by atoms with Crippen LogP contribution in [0.15, 0.2) is 35.0 Å². The molecule has 0 radical (unpaired) electrons. The Labute approximate surface area is 153 Å². The Balaban J connectivity index is 1.33. The third-order valence-electron chi connectivity index (χ3n) is 4.32. The average molecular weight is 372 g/mol. The van der Waals surface area contributed by atoms with Gasteiger partial charge >= 0.3 is 0 Å². The monoisotopic (exact) mass is 372 g/mol. The van der Waals surface area contributed by atoms with Gasteiger partial charge in [-0.2, -0.15) is 4.98 Å². The number of carbonyl (C=O) groups is 1. The number of rotatable bonds is 5. The average Bonchev–Trinajstić information content (AvgIpc) is 3.40. The molecule has 10 heteroatoms. The highest BCUT2D eigenvalue weighted by molar-refractivity contribution is 5.78. The summed E-state index contributed by atoms with van der Waals surface area (Å²) < 4.78 is 25.1. The molecule has 0 N–H and O–H groups in total. The van der Waals surface area contributed by atoms with Crippen LogP contribution in [0.25, 0.3) is 11.6 Å². The molecule has 140 valence electrons. The predicted octanol–water partition coefficient (Wildman–Crippen LogP) is 1.63. The highest BCUT2D eigenvalue weighted by Crippen LogP contribution is 2.23. The number of aryl methyl sites for hydroxylation is 1. The van der Waals surface area contributed by atoms with Crippen molar-refractivity contribution in [2.75, 3.05) is 19.7 Å². The molecule has 1 amide bonds. The van der Waals surface area contributed by atoms with Crippen LogP contribution in [0, 0.1) is 12.7 Å². The van der Waals surface area contributed by atoms with Gasteiger partial charge < -0.3 is 14.2 Å². The minimum Gasteiger partial charge on any atom is -0.484 e. The molecule has 1 atom stereocenters. The molecule has 27 heavy (non-hydrogen) atoms. The minimum atomic E-state index is -0.348. The number of hydrogen-bond donors (Lipinski definition) is 0. The third-order valence-corrected chi connectivity index (χ3v) is 4.32. The molecular weight excluding hydrogens is 355 g/mol. The Morgan fingerprint density at radius 1 is 1.37 bits per heavy atom. The van der Waals surface area contributed by atoms with Gasteiger partial charge in [-0.15, -0.1) is 5.10 Å². The van der Waals surface area contributed by atoms with E-state index in [4.69, 9.17) is 9.26 Å². The van der Waals surface area contributed by atoms with Gasteiger partial charge in [0.2, 0.25) is 0 Å². The summed E-state index contributed by atoms with van der Waals surface area (Å²) in [5.74, 6) is 0.820. The Morgan fingerprint density at radius 3 is 2.93 bits per heavy atom. The lowest BCUT2D eigenvalue weighted by atomic mass is 10.3. The first-order chi connectivity index (χ1) is 13.1. The summed E-state index contributed by atoms with van der Waals surface area (Å²) in [4.78, 5) is 18.2. The van der Waals surface area contributed by atoms with Gasteiger partial charge in [-0.05, 0) is 37.6 Å². The number of hydrogen-bond acceptors (Lipinski definition) is 7. The molecule has 0 unspecified atom stereocenters. The van der Waals surface area contributed by atoms with Crippen LogP contribution in [-0.2, 0) is 4.79 Å². The van der Waals surface area contributed by atoms with Crippen molar-refractivity contribution in [3.05, 3.63) is 42.1 Å². The molecule has 1 aliphatic heterocycles. The highest BCUT2D eigenvalue weighted by Gasteiger charge is 2.29. The van der Waals surface area contributed by atoms with E-state index in [1.807, 2.05) is 0 Å². The van der Waals surface area contributed by atoms with Crippen LogP contribution in [-0.4, -0.2) is 55.6 Å². The molecule has 0 saturated carbocycles. The summed E-state index contributed by atoms with van der Waals surface area (Å²) in [7, 11) is 0. The summed E-state index contributed by atoms with van der Waals surface area (Å²) in [5, 5.41) is 11.9. The van der Waals surface area contributed by atoms with Crippen molar-refractivity contribution in [2.24, 2.45) is 0 Å². The Hall–Kier alpha value is -3.30. The molecule has 3 aromatic rings. The van der Waals surface area contributed by atoms with Crippen molar-refractivity contribution in [2.45, 2.75) is 19.4 Å². The van der Waals surface area contributed by atoms with Crippen molar-refractivity contribution in [1.82, 2.24) is 30.0 Å². The molecule has 9 nitrogen and oxygen atoms in total. The van der Waals surface area contributed by atoms with E-state index in [1.165, 1.54) is 24.3 Å². The van der Waals surface area contributed by atoms with Crippen LogP contribution in [0.4, 0.5) is 4.39 Å². The zero-order valence-corrected chi connectivity index (χ0v) is 14.6. The summed E-state index contributed by atoms with van der Waals surface area (Å²) in [6, 6.07) is 5.58. The summed E-state index contributed by atoms with van der Waals surface area (Å²) >= 11 is 0. The first-order valence-corrected chi connectivity index (χ1v) is 8.47. The second-order valence-corrected chi connectivity index (χ2v) is 6.26. The van der Waals surface area contributed by atoms with Crippen LogP contribution in [0.3, 0.4) is 0 Å². The van der Waals surface area contributed by atoms with Gasteiger partial charge in [0.05, 0.1) is 12.2 Å². The summed E-state index contributed by atoms with van der Waals surface area (Å²) in [5.41, 5.74) is 0.500. The van der Waals surface area contributed by atoms with Gasteiger partial charge in [-0.25, -0.2) is 9.07 Å².